The molecule has 0 unspecified atom stereocenters. The Balaban J connectivity index is 2.29. The average molecular weight is 273 g/mol. The predicted molar refractivity (Wildman–Crippen MR) is 78.5 cm³/mol. The number of nitriles is 1. The van der Waals surface area contributed by atoms with Gasteiger partial charge in [0.25, 0.3) is 0 Å². The van der Waals surface area contributed by atoms with Crippen LogP contribution in [0.4, 0.5) is 10.7 Å². The SMILES string of the molecule is COc1c(N(C)Cc2ccccc2)sc(C#N)c1N. The van der Waals surface area contributed by atoms with E-state index in [9.17, 15) is 0 Å². The van der Waals surface area contributed by atoms with Gasteiger partial charge < -0.3 is 15.4 Å². The fourth-order valence-corrected chi connectivity index (χ4v) is 2.83. The maximum atomic E-state index is 9.03. The second kappa shape index (κ2) is 5.63. The fourth-order valence-electron chi connectivity index (χ4n) is 1.88. The van der Waals surface area contributed by atoms with Crippen LogP contribution in [0.3, 0.4) is 0 Å². The van der Waals surface area contributed by atoms with E-state index in [1.807, 2.05) is 30.1 Å². The van der Waals surface area contributed by atoms with E-state index in [0.717, 1.165) is 11.5 Å². The van der Waals surface area contributed by atoms with Crippen LogP contribution in [-0.2, 0) is 6.54 Å². The van der Waals surface area contributed by atoms with Gasteiger partial charge in [0.05, 0.1) is 7.11 Å². The summed E-state index contributed by atoms with van der Waals surface area (Å²) in [7, 11) is 3.53. The minimum Gasteiger partial charge on any atom is -0.492 e. The van der Waals surface area contributed by atoms with Crippen molar-refractivity contribution in [1.29, 1.82) is 5.26 Å². The normalized spacial score (nSPS) is 9.95. The Kier molecular flexibility index (Phi) is 3.93. The van der Waals surface area contributed by atoms with Gasteiger partial charge in [-0.25, -0.2) is 0 Å². The number of rotatable bonds is 4. The number of nitrogen functional groups attached to an aromatic ring is 1. The van der Waals surface area contributed by atoms with Gasteiger partial charge in [-0.2, -0.15) is 5.26 Å². The van der Waals surface area contributed by atoms with Crippen molar-refractivity contribution >= 4 is 22.0 Å². The molecule has 4 nitrogen and oxygen atoms in total. The molecule has 0 aliphatic heterocycles. The molecule has 0 fully saturated rings. The molecule has 19 heavy (non-hydrogen) atoms. The number of ether oxygens (including phenoxy) is 1. The number of nitrogens with zero attached hydrogens (tertiary/aromatic N) is 2. The number of hydrogen-bond acceptors (Lipinski definition) is 5. The molecule has 0 bridgehead atoms. The highest BCUT2D eigenvalue weighted by Gasteiger charge is 2.19. The number of benzene rings is 1. The van der Waals surface area contributed by atoms with Gasteiger partial charge >= 0.3 is 0 Å². The largest absolute Gasteiger partial charge is 0.492 e. The van der Waals surface area contributed by atoms with E-state index in [1.54, 1.807) is 7.11 Å². The smallest absolute Gasteiger partial charge is 0.177 e. The Labute approximate surface area is 116 Å². The van der Waals surface area contributed by atoms with Crippen molar-refractivity contribution in [3.63, 3.8) is 0 Å². The molecule has 2 rings (SSSR count). The van der Waals surface area contributed by atoms with Crippen molar-refractivity contribution in [1.82, 2.24) is 0 Å². The van der Waals surface area contributed by atoms with Crippen LogP contribution in [0, 0.1) is 11.3 Å². The second-order valence-electron chi connectivity index (χ2n) is 4.14. The molecule has 0 amide bonds. The number of nitrogens with two attached hydrogens (primary N) is 1. The van der Waals surface area contributed by atoms with Crippen LogP contribution in [0.25, 0.3) is 0 Å². The quantitative estimate of drug-likeness (QED) is 0.930. The lowest BCUT2D eigenvalue weighted by molar-refractivity contribution is 0.418. The van der Waals surface area contributed by atoms with E-state index in [-0.39, 0.29) is 0 Å². The Morgan fingerprint density at radius 3 is 2.63 bits per heavy atom. The zero-order valence-electron chi connectivity index (χ0n) is 10.9. The van der Waals surface area contributed by atoms with Gasteiger partial charge in [-0.3, -0.25) is 0 Å². The molecule has 2 N–H and O–H groups in total. The zero-order chi connectivity index (χ0) is 13.8. The summed E-state index contributed by atoms with van der Waals surface area (Å²) in [5, 5.41) is 9.90. The molecule has 0 atom stereocenters. The molecule has 1 heterocycles. The molecule has 2 aromatic rings. The maximum absolute atomic E-state index is 9.03. The minimum absolute atomic E-state index is 0.421. The first-order chi connectivity index (χ1) is 9.17. The second-order valence-corrected chi connectivity index (χ2v) is 5.14. The lowest BCUT2D eigenvalue weighted by Crippen LogP contribution is -2.15. The van der Waals surface area contributed by atoms with Crippen molar-refractivity contribution in [2.75, 3.05) is 24.8 Å². The Morgan fingerprint density at radius 1 is 1.37 bits per heavy atom. The summed E-state index contributed by atoms with van der Waals surface area (Å²) >= 11 is 1.35. The lowest BCUT2D eigenvalue weighted by Gasteiger charge is -2.18. The standard InChI is InChI=1S/C14H15N3OS/c1-17(9-10-6-4-3-5-7-10)14-13(18-2)12(16)11(8-15)19-14/h3-7H,9,16H2,1-2H3. The van der Waals surface area contributed by atoms with Gasteiger partial charge in [0.2, 0.25) is 0 Å². The van der Waals surface area contributed by atoms with Gasteiger partial charge in [0, 0.05) is 13.6 Å². The van der Waals surface area contributed by atoms with Crippen LogP contribution in [0.1, 0.15) is 10.4 Å². The molecule has 0 aliphatic carbocycles. The van der Waals surface area contributed by atoms with Crippen molar-refractivity contribution < 1.29 is 4.74 Å². The van der Waals surface area contributed by atoms with Gasteiger partial charge in [-0.05, 0) is 5.56 Å². The molecular weight excluding hydrogens is 258 g/mol. The highest BCUT2D eigenvalue weighted by Crippen LogP contribution is 2.44. The van der Waals surface area contributed by atoms with Crippen LogP contribution in [0.15, 0.2) is 30.3 Å². The van der Waals surface area contributed by atoms with Gasteiger partial charge in [-0.15, -0.1) is 11.3 Å². The van der Waals surface area contributed by atoms with Gasteiger partial charge in [-0.1, -0.05) is 30.3 Å². The first-order valence-electron chi connectivity index (χ1n) is 5.78. The van der Waals surface area contributed by atoms with Gasteiger partial charge in [0.1, 0.15) is 21.6 Å². The molecule has 1 aromatic heterocycles. The van der Waals surface area contributed by atoms with E-state index >= 15 is 0 Å². The number of thiophene rings is 1. The van der Waals surface area contributed by atoms with E-state index in [1.165, 1.54) is 16.9 Å². The van der Waals surface area contributed by atoms with E-state index in [4.69, 9.17) is 15.7 Å². The molecule has 0 saturated heterocycles. The highest BCUT2D eigenvalue weighted by atomic mass is 32.1. The summed E-state index contributed by atoms with van der Waals surface area (Å²) in [6.45, 7) is 0.738. The fraction of sp³-hybridized carbons (Fsp3) is 0.214. The van der Waals surface area contributed by atoms with Crippen molar-refractivity contribution in [2.24, 2.45) is 0 Å². The topological polar surface area (TPSA) is 62.3 Å². The third-order valence-electron chi connectivity index (χ3n) is 2.80. The summed E-state index contributed by atoms with van der Waals surface area (Å²) < 4.78 is 5.31. The zero-order valence-corrected chi connectivity index (χ0v) is 11.7. The summed E-state index contributed by atoms with van der Waals surface area (Å²) in [5.74, 6) is 0.583. The summed E-state index contributed by atoms with van der Waals surface area (Å²) in [6, 6.07) is 12.2. The predicted octanol–water partition coefficient (Wildman–Crippen LogP) is 2.85. The van der Waals surface area contributed by atoms with Crippen molar-refractivity contribution in [2.45, 2.75) is 6.54 Å². The molecule has 5 heteroatoms. The summed E-state index contributed by atoms with van der Waals surface area (Å²) in [6.07, 6.45) is 0. The third-order valence-corrected chi connectivity index (χ3v) is 4.00. The van der Waals surface area contributed by atoms with Crippen LogP contribution in [0.5, 0.6) is 5.75 Å². The molecule has 98 valence electrons. The van der Waals surface area contributed by atoms with Crippen molar-refractivity contribution in [3.05, 3.63) is 40.8 Å². The maximum Gasteiger partial charge on any atom is 0.177 e. The van der Waals surface area contributed by atoms with Crippen LogP contribution in [-0.4, -0.2) is 14.2 Å². The molecule has 0 aliphatic rings. The monoisotopic (exact) mass is 273 g/mol. The lowest BCUT2D eigenvalue weighted by atomic mass is 10.2. The Morgan fingerprint density at radius 2 is 2.05 bits per heavy atom. The summed E-state index contributed by atoms with van der Waals surface area (Å²) in [4.78, 5) is 2.53. The van der Waals surface area contributed by atoms with Crippen LogP contribution < -0.4 is 15.4 Å². The molecule has 0 saturated carbocycles. The van der Waals surface area contributed by atoms with Crippen LogP contribution >= 0.6 is 11.3 Å². The first kappa shape index (κ1) is 13.2. The number of anilines is 2. The average Bonchev–Trinajstić information content (AvgIpc) is 2.76. The van der Waals surface area contributed by atoms with E-state index < -0.39 is 0 Å². The van der Waals surface area contributed by atoms with Crippen LogP contribution in [0.2, 0.25) is 0 Å². The molecule has 0 spiro atoms. The van der Waals surface area contributed by atoms with E-state index in [0.29, 0.717) is 16.3 Å². The highest BCUT2D eigenvalue weighted by molar-refractivity contribution is 7.17. The molecule has 1 aromatic carbocycles. The minimum atomic E-state index is 0.421. The first-order valence-corrected chi connectivity index (χ1v) is 6.60. The Hall–Kier alpha value is -2.19. The third kappa shape index (κ3) is 2.64. The van der Waals surface area contributed by atoms with Gasteiger partial charge in [0.15, 0.2) is 5.75 Å². The summed E-state index contributed by atoms with van der Waals surface area (Å²) in [5.41, 5.74) is 7.51. The van der Waals surface area contributed by atoms with E-state index in [2.05, 4.69) is 18.2 Å². The number of methoxy groups -OCH3 is 1. The van der Waals surface area contributed by atoms with Crippen molar-refractivity contribution in [3.8, 4) is 11.8 Å². The number of hydrogen-bond donors (Lipinski definition) is 1. The Bertz CT molecular complexity index is 601. The molecule has 0 radical (unpaired) electrons. The molecular formula is C14H15N3OS.